The molecule has 1 saturated heterocycles. The topological polar surface area (TPSA) is 34.1 Å². The first-order chi connectivity index (χ1) is 7.75. The van der Waals surface area contributed by atoms with Gasteiger partial charge in [-0.2, -0.15) is 0 Å². The number of thiazole rings is 1. The highest BCUT2D eigenvalue weighted by atomic mass is 32.1. The Morgan fingerprint density at radius 3 is 3.12 bits per heavy atom. The van der Waals surface area contributed by atoms with Crippen LogP contribution in [0.3, 0.4) is 0 Å². The molecule has 0 amide bonds. The van der Waals surface area contributed by atoms with Gasteiger partial charge >= 0.3 is 0 Å². The molecule has 0 radical (unpaired) electrons. The molecule has 0 bridgehead atoms. The molecule has 1 aromatic rings. The number of hydrogen-bond acceptors (Lipinski definition) is 4. The summed E-state index contributed by atoms with van der Waals surface area (Å²) in [5.41, 5.74) is 1.12. The average Bonchev–Trinajstić information content (AvgIpc) is 2.54. The lowest BCUT2D eigenvalue weighted by Crippen LogP contribution is -2.31. The molecule has 1 aliphatic heterocycles. The second kappa shape index (κ2) is 5.75. The number of nitrogens with zero attached hydrogens (tertiary/aromatic N) is 1. The lowest BCUT2D eigenvalue weighted by atomic mass is 10.1. The van der Waals surface area contributed by atoms with E-state index in [4.69, 9.17) is 4.74 Å². The number of hydrogen-bond donors (Lipinski definition) is 1. The molecule has 3 nitrogen and oxygen atoms in total. The second-order valence-electron chi connectivity index (χ2n) is 4.46. The third-order valence-electron chi connectivity index (χ3n) is 2.94. The van der Waals surface area contributed by atoms with Gasteiger partial charge in [-0.1, -0.05) is 0 Å². The van der Waals surface area contributed by atoms with E-state index in [1.54, 1.807) is 11.3 Å². The molecule has 2 unspecified atom stereocenters. The Labute approximate surface area is 101 Å². The standard InChI is InChI=1S/C12H20N2OS/c1-9-8-16-12(13-9)10(2)14-11-4-3-6-15-7-5-11/h8,10-11,14H,3-7H2,1-2H3. The van der Waals surface area contributed by atoms with Crippen LogP contribution in [0.1, 0.15) is 42.9 Å². The van der Waals surface area contributed by atoms with E-state index in [-0.39, 0.29) is 0 Å². The molecule has 0 aromatic carbocycles. The molecule has 1 N–H and O–H groups in total. The van der Waals surface area contributed by atoms with E-state index in [0.717, 1.165) is 25.3 Å². The first kappa shape index (κ1) is 12.0. The van der Waals surface area contributed by atoms with Crippen molar-refractivity contribution in [3.8, 4) is 0 Å². The van der Waals surface area contributed by atoms with Crippen LogP contribution in [0.25, 0.3) is 0 Å². The molecule has 16 heavy (non-hydrogen) atoms. The molecule has 0 saturated carbocycles. The van der Waals surface area contributed by atoms with Crippen molar-refractivity contribution in [1.82, 2.24) is 10.3 Å². The maximum Gasteiger partial charge on any atom is 0.110 e. The highest BCUT2D eigenvalue weighted by Gasteiger charge is 2.17. The predicted octanol–water partition coefficient (Wildman–Crippen LogP) is 2.67. The number of rotatable bonds is 3. The minimum absolute atomic E-state index is 0.363. The van der Waals surface area contributed by atoms with Crippen LogP contribution in [0.5, 0.6) is 0 Å². The molecule has 0 aliphatic carbocycles. The molecular weight excluding hydrogens is 220 g/mol. The van der Waals surface area contributed by atoms with Crippen LogP contribution in [0.15, 0.2) is 5.38 Å². The highest BCUT2D eigenvalue weighted by Crippen LogP contribution is 2.20. The zero-order valence-electron chi connectivity index (χ0n) is 10.0. The Bertz CT molecular complexity index is 319. The maximum atomic E-state index is 5.46. The second-order valence-corrected chi connectivity index (χ2v) is 5.35. The Hall–Kier alpha value is -0.450. The van der Waals surface area contributed by atoms with Crippen LogP contribution in [0.2, 0.25) is 0 Å². The van der Waals surface area contributed by atoms with Gasteiger partial charge in [0.05, 0.1) is 6.04 Å². The third-order valence-corrected chi connectivity index (χ3v) is 4.09. The summed E-state index contributed by atoms with van der Waals surface area (Å²) >= 11 is 1.75. The van der Waals surface area contributed by atoms with Gasteiger partial charge in [0.1, 0.15) is 5.01 Å². The monoisotopic (exact) mass is 240 g/mol. The summed E-state index contributed by atoms with van der Waals surface area (Å²) in [7, 11) is 0. The van der Waals surface area contributed by atoms with E-state index in [2.05, 4.69) is 22.6 Å². The number of nitrogens with one attached hydrogen (secondary N) is 1. The minimum Gasteiger partial charge on any atom is -0.381 e. The van der Waals surface area contributed by atoms with Gasteiger partial charge in [0.2, 0.25) is 0 Å². The fraction of sp³-hybridized carbons (Fsp3) is 0.750. The first-order valence-electron chi connectivity index (χ1n) is 6.01. The molecule has 4 heteroatoms. The van der Waals surface area contributed by atoms with E-state index < -0.39 is 0 Å². The van der Waals surface area contributed by atoms with E-state index in [1.807, 2.05) is 6.92 Å². The van der Waals surface area contributed by atoms with Crippen LogP contribution in [-0.2, 0) is 4.74 Å². The Morgan fingerprint density at radius 1 is 1.50 bits per heavy atom. The third kappa shape index (κ3) is 3.27. The van der Waals surface area contributed by atoms with Crippen LogP contribution in [-0.4, -0.2) is 24.2 Å². The smallest absolute Gasteiger partial charge is 0.110 e. The van der Waals surface area contributed by atoms with Crippen molar-refractivity contribution in [2.24, 2.45) is 0 Å². The van der Waals surface area contributed by atoms with E-state index in [1.165, 1.54) is 17.8 Å². The van der Waals surface area contributed by atoms with Crippen LogP contribution >= 0.6 is 11.3 Å². The summed E-state index contributed by atoms with van der Waals surface area (Å²) in [5.74, 6) is 0. The Balaban J connectivity index is 1.88. The molecule has 2 rings (SSSR count). The van der Waals surface area contributed by atoms with Crippen molar-refractivity contribution in [2.75, 3.05) is 13.2 Å². The van der Waals surface area contributed by atoms with Crippen LogP contribution in [0.4, 0.5) is 0 Å². The minimum atomic E-state index is 0.363. The SMILES string of the molecule is Cc1csc(C(C)NC2CCCOCC2)n1. The van der Waals surface area contributed by atoms with Gasteiger partial charge in [0.15, 0.2) is 0 Å². The zero-order valence-corrected chi connectivity index (χ0v) is 10.8. The van der Waals surface area contributed by atoms with Gasteiger partial charge < -0.3 is 10.1 Å². The largest absolute Gasteiger partial charge is 0.381 e. The van der Waals surface area contributed by atoms with Gasteiger partial charge in [0.25, 0.3) is 0 Å². The summed E-state index contributed by atoms with van der Waals surface area (Å²) < 4.78 is 5.46. The van der Waals surface area contributed by atoms with Gasteiger partial charge in [0, 0.05) is 30.3 Å². The number of aryl methyl sites for hydroxylation is 1. The first-order valence-corrected chi connectivity index (χ1v) is 6.89. The van der Waals surface area contributed by atoms with Gasteiger partial charge in [-0.05, 0) is 33.1 Å². The normalized spacial score (nSPS) is 24.0. The zero-order chi connectivity index (χ0) is 11.4. The fourth-order valence-electron chi connectivity index (χ4n) is 2.07. The Kier molecular flexibility index (Phi) is 4.32. The lowest BCUT2D eigenvalue weighted by Gasteiger charge is -2.20. The lowest BCUT2D eigenvalue weighted by molar-refractivity contribution is 0.142. The van der Waals surface area contributed by atoms with Crippen molar-refractivity contribution in [2.45, 2.75) is 45.2 Å². The average molecular weight is 240 g/mol. The van der Waals surface area contributed by atoms with Crippen LogP contribution in [0, 0.1) is 6.92 Å². The van der Waals surface area contributed by atoms with Gasteiger partial charge in [-0.25, -0.2) is 4.98 Å². The molecule has 1 aliphatic rings. The molecule has 0 spiro atoms. The quantitative estimate of drug-likeness (QED) is 0.882. The molecular formula is C12H20N2OS. The van der Waals surface area contributed by atoms with E-state index in [0.29, 0.717) is 12.1 Å². The summed E-state index contributed by atoms with van der Waals surface area (Å²) in [6.45, 7) is 6.06. The van der Waals surface area contributed by atoms with Gasteiger partial charge in [-0.3, -0.25) is 0 Å². The van der Waals surface area contributed by atoms with E-state index in [9.17, 15) is 0 Å². The highest BCUT2D eigenvalue weighted by molar-refractivity contribution is 7.09. The summed E-state index contributed by atoms with van der Waals surface area (Å²) in [6.07, 6.45) is 3.50. The van der Waals surface area contributed by atoms with E-state index >= 15 is 0 Å². The van der Waals surface area contributed by atoms with Crippen LogP contribution < -0.4 is 5.32 Å². The number of ether oxygens (including phenoxy) is 1. The molecule has 1 fully saturated rings. The van der Waals surface area contributed by atoms with Crippen molar-refractivity contribution in [1.29, 1.82) is 0 Å². The van der Waals surface area contributed by atoms with Crippen molar-refractivity contribution in [3.63, 3.8) is 0 Å². The number of aromatic nitrogens is 1. The summed E-state index contributed by atoms with van der Waals surface area (Å²) in [4.78, 5) is 4.52. The van der Waals surface area contributed by atoms with Crippen molar-refractivity contribution in [3.05, 3.63) is 16.1 Å². The maximum absolute atomic E-state index is 5.46. The molecule has 1 aromatic heterocycles. The Morgan fingerprint density at radius 2 is 2.38 bits per heavy atom. The fourth-order valence-corrected chi connectivity index (χ4v) is 2.88. The molecule has 2 atom stereocenters. The van der Waals surface area contributed by atoms with Crippen molar-refractivity contribution >= 4 is 11.3 Å². The van der Waals surface area contributed by atoms with Crippen molar-refractivity contribution < 1.29 is 4.74 Å². The summed E-state index contributed by atoms with van der Waals surface area (Å²) in [5, 5.41) is 6.97. The molecule has 90 valence electrons. The van der Waals surface area contributed by atoms with Gasteiger partial charge in [-0.15, -0.1) is 11.3 Å². The summed E-state index contributed by atoms with van der Waals surface area (Å²) in [6, 6.07) is 0.948. The predicted molar refractivity (Wildman–Crippen MR) is 66.9 cm³/mol. The molecule has 2 heterocycles.